The third-order valence-electron chi connectivity index (χ3n) is 6.27. The topological polar surface area (TPSA) is 58.1 Å². The second kappa shape index (κ2) is 10.8. The highest BCUT2D eigenvalue weighted by Crippen LogP contribution is 2.22. The van der Waals surface area contributed by atoms with Gasteiger partial charge in [-0.3, -0.25) is 9.69 Å². The minimum absolute atomic E-state index is 0.0235. The molecule has 5 aromatic rings. The van der Waals surface area contributed by atoms with Crippen LogP contribution in [0.3, 0.4) is 0 Å². The number of fused-ring (bicyclic) bond motifs is 1. The van der Waals surface area contributed by atoms with E-state index in [1.54, 1.807) is 17.2 Å². The minimum atomic E-state index is -0.0857. The van der Waals surface area contributed by atoms with E-state index < -0.39 is 0 Å². The first-order valence-corrected chi connectivity index (χ1v) is 12.2. The van der Waals surface area contributed by atoms with E-state index in [1.165, 1.54) is 5.56 Å². The number of nitrogens with one attached hydrogen (secondary N) is 1. The molecule has 1 N–H and O–H groups in total. The minimum Gasteiger partial charge on any atom is -0.348 e. The van der Waals surface area contributed by atoms with Gasteiger partial charge in [-0.1, -0.05) is 91.0 Å². The molecule has 0 aliphatic carbocycles. The molecule has 1 atom stereocenters. The molecule has 1 amide bonds. The number of carbonyl (C=O) groups excluding carboxylic acids is 1. The second-order valence-electron chi connectivity index (χ2n) is 8.77. The number of hydrogen-bond donors (Lipinski definition) is 1. The SMILES string of the molecule is C[C@@H](Nc1nccc(N(CCc2ccccc2)C(=O)c2ccc3ccccc3c2)n1)c1ccccc1. The lowest BCUT2D eigenvalue weighted by Crippen LogP contribution is -2.34. The number of rotatable bonds is 8. The summed E-state index contributed by atoms with van der Waals surface area (Å²) in [6.07, 6.45) is 2.42. The molecule has 178 valence electrons. The molecular weight excluding hydrogens is 444 g/mol. The Balaban J connectivity index is 1.44. The molecule has 0 radical (unpaired) electrons. The summed E-state index contributed by atoms with van der Waals surface area (Å²) in [5.74, 6) is 0.971. The normalized spacial score (nSPS) is 11.7. The van der Waals surface area contributed by atoms with Gasteiger partial charge in [0.2, 0.25) is 5.95 Å². The summed E-state index contributed by atoms with van der Waals surface area (Å²) in [5, 5.41) is 5.51. The number of hydrogen-bond acceptors (Lipinski definition) is 4. The molecule has 1 heterocycles. The first-order chi connectivity index (χ1) is 17.7. The number of anilines is 2. The van der Waals surface area contributed by atoms with E-state index in [0.29, 0.717) is 30.3 Å². The zero-order valence-electron chi connectivity index (χ0n) is 20.2. The first kappa shape index (κ1) is 23.2. The molecule has 5 rings (SSSR count). The smallest absolute Gasteiger partial charge is 0.259 e. The third kappa shape index (κ3) is 5.41. The van der Waals surface area contributed by atoms with Gasteiger partial charge in [-0.05, 0) is 53.4 Å². The summed E-state index contributed by atoms with van der Waals surface area (Å²) in [7, 11) is 0. The molecule has 1 aromatic heterocycles. The van der Waals surface area contributed by atoms with Crippen LogP contribution in [-0.2, 0) is 6.42 Å². The number of benzene rings is 4. The molecule has 0 aliphatic heterocycles. The van der Waals surface area contributed by atoms with E-state index in [9.17, 15) is 4.79 Å². The Bertz CT molecular complexity index is 1450. The molecule has 0 spiro atoms. The molecule has 0 bridgehead atoms. The zero-order valence-corrected chi connectivity index (χ0v) is 20.2. The van der Waals surface area contributed by atoms with Gasteiger partial charge in [0.25, 0.3) is 5.91 Å². The van der Waals surface area contributed by atoms with E-state index in [2.05, 4.69) is 41.5 Å². The zero-order chi connectivity index (χ0) is 24.7. The van der Waals surface area contributed by atoms with Crippen molar-refractivity contribution in [3.63, 3.8) is 0 Å². The average molecular weight is 473 g/mol. The van der Waals surface area contributed by atoms with E-state index >= 15 is 0 Å². The van der Waals surface area contributed by atoms with Crippen molar-refractivity contribution in [2.75, 3.05) is 16.8 Å². The maximum absolute atomic E-state index is 13.8. The highest BCUT2D eigenvalue weighted by atomic mass is 16.2. The van der Waals surface area contributed by atoms with Crippen LogP contribution in [0.4, 0.5) is 11.8 Å². The molecular formula is C31H28N4O. The Morgan fingerprint density at radius 1 is 0.833 bits per heavy atom. The molecule has 0 aliphatic rings. The van der Waals surface area contributed by atoms with Crippen LogP contribution in [0.25, 0.3) is 10.8 Å². The Morgan fingerprint density at radius 3 is 2.31 bits per heavy atom. The van der Waals surface area contributed by atoms with Gasteiger partial charge in [-0.15, -0.1) is 0 Å². The van der Waals surface area contributed by atoms with Crippen LogP contribution >= 0.6 is 0 Å². The van der Waals surface area contributed by atoms with Crippen molar-refractivity contribution in [1.29, 1.82) is 0 Å². The predicted molar refractivity (Wildman–Crippen MR) is 146 cm³/mol. The quantitative estimate of drug-likeness (QED) is 0.273. The first-order valence-electron chi connectivity index (χ1n) is 12.2. The molecule has 0 saturated heterocycles. The van der Waals surface area contributed by atoms with Crippen molar-refractivity contribution < 1.29 is 4.79 Å². The third-order valence-corrected chi connectivity index (χ3v) is 6.27. The van der Waals surface area contributed by atoms with E-state index in [-0.39, 0.29) is 11.9 Å². The Morgan fingerprint density at radius 2 is 1.53 bits per heavy atom. The maximum atomic E-state index is 13.8. The van der Waals surface area contributed by atoms with E-state index in [4.69, 9.17) is 4.98 Å². The summed E-state index contributed by atoms with van der Waals surface area (Å²) >= 11 is 0. The molecule has 4 aromatic carbocycles. The second-order valence-corrected chi connectivity index (χ2v) is 8.77. The fourth-order valence-corrected chi connectivity index (χ4v) is 4.27. The summed E-state index contributed by atoms with van der Waals surface area (Å²) in [4.78, 5) is 24.7. The lowest BCUT2D eigenvalue weighted by atomic mass is 10.1. The molecule has 0 saturated carbocycles. The number of aromatic nitrogens is 2. The average Bonchev–Trinajstić information content (AvgIpc) is 2.94. The maximum Gasteiger partial charge on any atom is 0.259 e. The van der Waals surface area contributed by atoms with Crippen LogP contribution in [0, 0.1) is 0 Å². The highest BCUT2D eigenvalue weighted by molar-refractivity contribution is 6.07. The fourth-order valence-electron chi connectivity index (χ4n) is 4.27. The van der Waals surface area contributed by atoms with Crippen LogP contribution in [0.2, 0.25) is 0 Å². The Labute approximate surface area is 211 Å². The lowest BCUT2D eigenvalue weighted by Gasteiger charge is -2.23. The van der Waals surface area contributed by atoms with Gasteiger partial charge in [-0.2, -0.15) is 4.98 Å². The van der Waals surface area contributed by atoms with Crippen molar-refractivity contribution in [2.24, 2.45) is 0 Å². The van der Waals surface area contributed by atoms with Crippen LogP contribution in [0.5, 0.6) is 0 Å². The molecule has 5 heteroatoms. The Kier molecular flexibility index (Phi) is 6.99. The molecule has 0 fully saturated rings. The van der Waals surface area contributed by atoms with Crippen molar-refractivity contribution in [3.05, 3.63) is 132 Å². The van der Waals surface area contributed by atoms with E-state index in [0.717, 1.165) is 16.3 Å². The molecule has 36 heavy (non-hydrogen) atoms. The summed E-state index contributed by atoms with van der Waals surface area (Å²) in [6, 6.07) is 36.0. The van der Waals surface area contributed by atoms with Gasteiger partial charge in [0.05, 0.1) is 6.04 Å². The summed E-state index contributed by atoms with van der Waals surface area (Å²) < 4.78 is 0. The van der Waals surface area contributed by atoms with Crippen molar-refractivity contribution in [3.8, 4) is 0 Å². The lowest BCUT2D eigenvalue weighted by molar-refractivity contribution is 0.0986. The van der Waals surface area contributed by atoms with Crippen molar-refractivity contribution >= 4 is 28.4 Å². The molecule has 0 unspecified atom stereocenters. The van der Waals surface area contributed by atoms with Gasteiger partial charge < -0.3 is 5.32 Å². The number of carbonyl (C=O) groups is 1. The van der Waals surface area contributed by atoms with Gasteiger partial charge >= 0.3 is 0 Å². The summed E-state index contributed by atoms with van der Waals surface area (Å²) in [5.41, 5.74) is 2.94. The highest BCUT2D eigenvalue weighted by Gasteiger charge is 2.20. The predicted octanol–water partition coefficient (Wildman–Crippen LogP) is 6.69. The fraction of sp³-hybridized carbons (Fsp3) is 0.129. The van der Waals surface area contributed by atoms with Gasteiger partial charge in [-0.25, -0.2) is 4.98 Å². The number of amides is 1. The molecule has 5 nitrogen and oxygen atoms in total. The largest absolute Gasteiger partial charge is 0.348 e. The van der Waals surface area contributed by atoms with Crippen LogP contribution in [0.15, 0.2) is 115 Å². The van der Waals surface area contributed by atoms with Gasteiger partial charge in [0.1, 0.15) is 5.82 Å². The van der Waals surface area contributed by atoms with Gasteiger partial charge in [0, 0.05) is 18.3 Å². The number of nitrogens with zero attached hydrogens (tertiary/aromatic N) is 3. The van der Waals surface area contributed by atoms with E-state index in [1.807, 2.05) is 78.9 Å². The standard InChI is InChI=1S/C31H28N4O/c1-23(25-12-6-3-7-13-25)33-31-32-20-18-29(34-31)35(21-19-24-10-4-2-5-11-24)30(36)28-17-16-26-14-8-9-15-27(26)22-28/h2-18,20,22-23H,19,21H2,1H3,(H,32,33,34)/t23-/m1/s1. The van der Waals surface area contributed by atoms with Crippen molar-refractivity contribution in [2.45, 2.75) is 19.4 Å². The Hall–Kier alpha value is -4.51. The van der Waals surface area contributed by atoms with Crippen LogP contribution in [-0.4, -0.2) is 22.4 Å². The summed E-state index contributed by atoms with van der Waals surface area (Å²) in [6.45, 7) is 2.57. The monoisotopic (exact) mass is 472 g/mol. The van der Waals surface area contributed by atoms with Crippen molar-refractivity contribution in [1.82, 2.24) is 9.97 Å². The van der Waals surface area contributed by atoms with Gasteiger partial charge in [0.15, 0.2) is 0 Å². The van der Waals surface area contributed by atoms with Crippen LogP contribution < -0.4 is 10.2 Å². The van der Waals surface area contributed by atoms with Crippen LogP contribution in [0.1, 0.15) is 34.5 Å².